The normalized spacial score (nSPS) is 9.59. The predicted octanol–water partition coefficient (Wildman–Crippen LogP) is 5.71. The van der Waals surface area contributed by atoms with Gasteiger partial charge in [0.2, 0.25) is 0 Å². The van der Waals surface area contributed by atoms with Gasteiger partial charge in [-0.3, -0.25) is 0 Å². The van der Waals surface area contributed by atoms with E-state index in [1.165, 1.54) is 11.1 Å². The first-order valence-corrected chi connectivity index (χ1v) is 12.5. The van der Waals surface area contributed by atoms with E-state index in [0.717, 1.165) is 28.6 Å². The van der Waals surface area contributed by atoms with E-state index in [-0.39, 0.29) is 26.4 Å². The summed E-state index contributed by atoms with van der Waals surface area (Å²) in [6, 6.07) is 26.0. The van der Waals surface area contributed by atoms with E-state index in [9.17, 15) is 0 Å². The van der Waals surface area contributed by atoms with Gasteiger partial charge in [0, 0.05) is 49.1 Å². The maximum Gasteiger partial charge on any atom is 1.00 e. The van der Waals surface area contributed by atoms with Crippen molar-refractivity contribution in [2.45, 2.75) is 13.8 Å². The predicted molar refractivity (Wildman–Crippen MR) is 155 cm³/mol. The molecule has 6 aromatic rings. The fraction of sp³-hybridized carbons (Fsp3) is 0.0938. The molecule has 205 valence electrons. The Kier molecular flexibility index (Phi) is 12.1. The molecule has 1 radical (unpaired) electrons. The molecule has 5 heterocycles. The van der Waals surface area contributed by atoms with Gasteiger partial charge in [-0.2, -0.15) is 10.2 Å². The fourth-order valence-corrected chi connectivity index (χ4v) is 3.43. The number of terminal acetylenes is 1. The van der Waals surface area contributed by atoms with Crippen molar-refractivity contribution in [3.05, 3.63) is 133 Å². The van der Waals surface area contributed by atoms with E-state index in [4.69, 9.17) is 11.2 Å². The van der Waals surface area contributed by atoms with Crippen LogP contribution in [0.4, 0.5) is 0 Å². The van der Waals surface area contributed by atoms with Crippen LogP contribution in [-0.2, 0) is 19.8 Å². The van der Waals surface area contributed by atoms with Gasteiger partial charge in [-0.1, -0.05) is 18.1 Å². The van der Waals surface area contributed by atoms with E-state index in [1.807, 2.05) is 93.0 Å². The first-order chi connectivity index (χ1) is 19.6. The first-order valence-electron chi connectivity index (χ1n) is 12.5. The SMILES string of the molecule is C#CCOc1cc[c-]c(-c2ccccn2)c1.Cc1ccnc(-n2cccn2)c1.Cc1ccnc(-n2cccn2)c1.[Os+]. The van der Waals surface area contributed by atoms with Crippen LogP contribution in [0.25, 0.3) is 22.9 Å². The monoisotopic (exact) mass is 718 g/mol. The number of aryl methyl sites for hydroxylation is 2. The molecule has 1 aromatic carbocycles. The summed E-state index contributed by atoms with van der Waals surface area (Å²) >= 11 is 0. The summed E-state index contributed by atoms with van der Waals surface area (Å²) in [5.41, 5.74) is 4.15. The Morgan fingerprint density at radius 1 is 0.756 bits per heavy atom. The van der Waals surface area contributed by atoms with Gasteiger partial charge in [0.25, 0.3) is 0 Å². The summed E-state index contributed by atoms with van der Waals surface area (Å²) in [5.74, 6) is 4.88. The van der Waals surface area contributed by atoms with Crippen molar-refractivity contribution < 1.29 is 24.5 Å². The van der Waals surface area contributed by atoms with Crippen LogP contribution < -0.4 is 4.74 Å². The minimum Gasteiger partial charge on any atom is -0.500 e. The molecule has 0 aliphatic rings. The van der Waals surface area contributed by atoms with Gasteiger partial charge in [-0.25, -0.2) is 19.3 Å². The molecule has 0 aliphatic carbocycles. The van der Waals surface area contributed by atoms with Gasteiger partial charge < -0.3 is 9.72 Å². The summed E-state index contributed by atoms with van der Waals surface area (Å²) in [5, 5.41) is 8.16. The minimum absolute atomic E-state index is 0. The number of rotatable bonds is 5. The smallest absolute Gasteiger partial charge is 0.500 e. The van der Waals surface area contributed by atoms with Crippen molar-refractivity contribution in [3.8, 4) is 41.0 Å². The van der Waals surface area contributed by atoms with E-state index >= 15 is 0 Å². The number of hydrogen-bond acceptors (Lipinski definition) is 6. The van der Waals surface area contributed by atoms with Gasteiger partial charge in [-0.05, 0) is 73.1 Å². The average Bonchev–Trinajstić information content (AvgIpc) is 3.73. The zero-order valence-electron chi connectivity index (χ0n) is 22.6. The molecule has 0 saturated heterocycles. The molecule has 0 bridgehead atoms. The van der Waals surface area contributed by atoms with Crippen LogP contribution in [0.1, 0.15) is 11.1 Å². The number of aromatic nitrogens is 7. The Morgan fingerprint density at radius 2 is 1.39 bits per heavy atom. The minimum atomic E-state index is 0. The van der Waals surface area contributed by atoms with Crippen LogP contribution in [0.2, 0.25) is 0 Å². The molecular formula is C32H28N7OOs. The Morgan fingerprint density at radius 3 is 1.88 bits per heavy atom. The van der Waals surface area contributed by atoms with Crippen LogP contribution in [-0.4, -0.2) is 41.1 Å². The molecule has 0 atom stereocenters. The van der Waals surface area contributed by atoms with Crippen LogP contribution >= 0.6 is 0 Å². The molecule has 0 unspecified atom stereocenters. The summed E-state index contributed by atoms with van der Waals surface area (Å²) in [6.45, 7) is 4.34. The number of benzene rings is 1. The summed E-state index contributed by atoms with van der Waals surface area (Å²) in [6.07, 6.45) is 17.7. The van der Waals surface area contributed by atoms with Gasteiger partial charge in [0.15, 0.2) is 11.6 Å². The molecule has 0 saturated carbocycles. The summed E-state index contributed by atoms with van der Waals surface area (Å²) in [4.78, 5) is 12.6. The Balaban J connectivity index is 0.000000169. The molecule has 0 fully saturated rings. The topological polar surface area (TPSA) is 83.5 Å². The molecule has 0 spiro atoms. The van der Waals surface area contributed by atoms with Crippen molar-refractivity contribution >= 4 is 0 Å². The fourth-order valence-electron chi connectivity index (χ4n) is 3.43. The Labute approximate surface area is 253 Å². The maximum atomic E-state index is 5.33. The van der Waals surface area contributed by atoms with Crippen LogP contribution in [0.3, 0.4) is 0 Å². The Bertz CT molecular complexity index is 1560. The largest absolute Gasteiger partial charge is 1.00 e. The second-order valence-electron chi connectivity index (χ2n) is 8.43. The van der Waals surface area contributed by atoms with E-state index in [1.54, 1.807) is 46.4 Å². The Hall–Kier alpha value is -4.91. The number of ether oxygens (including phenoxy) is 1. The molecule has 0 N–H and O–H groups in total. The van der Waals surface area contributed by atoms with E-state index in [0.29, 0.717) is 0 Å². The first kappa shape index (κ1) is 30.6. The molecule has 6 rings (SSSR count). The van der Waals surface area contributed by atoms with Gasteiger partial charge in [-0.15, -0.1) is 36.3 Å². The molecule has 8 nitrogen and oxygen atoms in total. The van der Waals surface area contributed by atoms with Crippen LogP contribution in [0.15, 0.2) is 116 Å². The molecule has 0 aliphatic heterocycles. The number of hydrogen-bond donors (Lipinski definition) is 0. The molecule has 9 heteroatoms. The second-order valence-corrected chi connectivity index (χ2v) is 8.43. The van der Waals surface area contributed by atoms with Crippen molar-refractivity contribution in [1.29, 1.82) is 0 Å². The average molecular weight is 717 g/mol. The third kappa shape index (κ3) is 9.65. The third-order valence-corrected chi connectivity index (χ3v) is 5.32. The molecular weight excluding hydrogens is 689 g/mol. The quantitative estimate of drug-likeness (QED) is 0.168. The maximum absolute atomic E-state index is 5.33. The summed E-state index contributed by atoms with van der Waals surface area (Å²) in [7, 11) is 0. The third-order valence-electron chi connectivity index (χ3n) is 5.32. The van der Waals surface area contributed by atoms with Crippen LogP contribution in [0.5, 0.6) is 5.75 Å². The van der Waals surface area contributed by atoms with Gasteiger partial charge in [0.05, 0.1) is 0 Å². The zero-order chi connectivity index (χ0) is 28.0. The van der Waals surface area contributed by atoms with Gasteiger partial charge >= 0.3 is 19.8 Å². The van der Waals surface area contributed by atoms with E-state index in [2.05, 4.69) is 37.1 Å². The molecule has 0 amide bonds. The van der Waals surface area contributed by atoms with Crippen molar-refractivity contribution in [3.63, 3.8) is 0 Å². The number of pyridine rings is 3. The van der Waals surface area contributed by atoms with Crippen molar-refractivity contribution in [1.82, 2.24) is 34.5 Å². The van der Waals surface area contributed by atoms with Crippen molar-refractivity contribution in [2.75, 3.05) is 6.61 Å². The molecule has 41 heavy (non-hydrogen) atoms. The number of nitrogens with zero attached hydrogens (tertiary/aromatic N) is 7. The zero-order valence-corrected chi connectivity index (χ0v) is 25.2. The van der Waals surface area contributed by atoms with Crippen LogP contribution in [0, 0.1) is 32.3 Å². The standard InChI is InChI=1S/C14H10NO.2C9H9N3.Os/c1-2-10-16-13-7-5-6-12(11-13)14-8-3-4-9-15-14;2*1-8-3-5-10-9(7-8)12-6-2-4-11-12;/h1,3-5,7-9,11H,10H2;2*2-7H,1H3;/q-1;;;+1. The molecule has 5 aromatic heterocycles. The van der Waals surface area contributed by atoms with Crippen molar-refractivity contribution in [2.24, 2.45) is 0 Å². The summed E-state index contributed by atoms with van der Waals surface area (Å²) < 4.78 is 8.82. The van der Waals surface area contributed by atoms with Gasteiger partial charge in [0.1, 0.15) is 6.61 Å². The second kappa shape index (κ2) is 16.3. The van der Waals surface area contributed by atoms with E-state index < -0.39 is 0 Å².